The summed E-state index contributed by atoms with van der Waals surface area (Å²) in [5.41, 5.74) is 6.60. The minimum absolute atomic E-state index is 0.117. The van der Waals surface area contributed by atoms with Crippen molar-refractivity contribution in [3.05, 3.63) is 46.6 Å². The molecule has 0 fully saturated rings. The van der Waals surface area contributed by atoms with Gasteiger partial charge in [-0.1, -0.05) is 35.8 Å². The molecule has 2 aromatic rings. The van der Waals surface area contributed by atoms with Crippen LogP contribution in [-0.2, 0) is 6.42 Å². The largest absolute Gasteiger partial charge is 0.339 e. The van der Waals surface area contributed by atoms with Gasteiger partial charge in [0.25, 0.3) is 0 Å². The molecule has 0 spiro atoms. The van der Waals surface area contributed by atoms with Gasteiger partial charge in [-0.2, -0.15) is 4.98 Å². The maximum Gasteiger partial charge on any atom is 0.231 e. The Hall–Kier alpha value is -1.39. The van der Waals surface area contributed by atoms with Crippen LogP contribution in [0.25, 0.3) is 0 Å². The molecular weight excluding hydrogens is 238 g/mol. The molecule has 4 nitrogen and oxygen atoms in total. The maximum atomic E-state index is 5.91. The number of nitrogens with two attached hydrogens (primary N) is 1. The highest BCUT2D eigenvalue weighted by Crippen LogP contribution is 2.15. The summed E-state index contributed by atoms with van der Waals surface area (Å²) in [5, 5.41) is 4.61. The summed E-state index contributed by atoms with van der Waals surface area (Å²) in [7, 11) is 0. The molecule has 90 valence electrons. The van der Waals surface area contributed by atoms with E-state index in [2.05, 4.69) is 10.1 Å². The first-order valence-electron chi connectivity index (χ1n) is 5.46. The number of hydrogen-bond acceptors (Lipinski definition) is 4. The van der Waals surface area contributed by atoms with E-state index in [1.54, 1.807) is 0 Å². The average molecular weight is 252 g/mol. The van der Waals surface area contributed by atoms with Gasteiger partial charge < -0.3 is 10.3 Å². The summed E-state index contributed by atoms with van der Waals surface area (Å²) < 4.78 is 5.17. The topological polar surface area (TPSA) is 64.9 Å². The maximum absolute atomic E-state index is 5.91. The van der Waals surface area contributed by atoms with Gasteiger partial charge in [0.05, 0.1) is 6.42 Å². The van der Waals surface area contributed by atoms with E-state index in [1.165, 1.54) is 0 Å². The Kier molecular flexibility index (Phi) is 3.76. The number of nitrogens with zero attached hydrogens (tertiary/aromatic N) is 2. The van der Waals surface area contributed by atoms with Crippen LogP contribution >= 0.6 is 11.6 Å². The quantitative estimate of drug-likeness (QED) is 0.906. The normalized spacial score (nSPS) is 12.6. The Morgan fingerprint density at radius 1 is 1.47 bits per heavy atom. The van der Waals surface area contributed by atoms with Crippen LogP contribution in [0.4, 0.5) is 0 Å². The summed E-state index contributed by atoms with van der Waals surface area (Å²) >= 11 is 5.91. The Labute approximate surface area is 105 Å². The van der Waals surface area contributed by atoms with Gasteiger partial charge in [-0.15, -0.1) is 0 Å². The zero-order valence-corrected chi connectivity index (χ0v) is 10.3. The smallest absolute Gasteiger partial charge is 0.231 e. The molecule has 0 radical (unpaired) electrons. The van der Waals surface area contributed by atoms with Crippen molar-refractivity contribution in [2.24, 2.45) is 5.73 Å². The predicted octanol–water partition coefficient (Wildman–Crippen LogP) is 2.38. The van der Waals surface area contributed by atoms with Gasteiger partial charge in [0.1, 0.15) is 0 Å². The van der Waals surface area contributed by atoms with Gasteiger partial charge in [0.2, 0.25) is 5.89 Å². The highest BCUT2D eigenvalue weighted by Gasteiger charge is 2.12. The van der Waals surface area contributed by atoms with Gasteiger partial charge in [0, 0.05) is 17.5 Å². The second kappa shape index (κ2) is 5.29. The minimum Gasteiger partial charge on any atom is -0.339 e. The second-order valence-electron chi connectivity index (χ2n) is 3.99. The zero-order valence-electron chi connectivity index (χ0n) is 9.56. The van der Waals surface area contributed by atoms with E-state index in [-0.39, 0.29) is 5.92 Å². The highest BCUT2D eigenvalue weighted by molar-refractivity contribution is 6.30. The third-order valence-corrected chi connectivity index (χ3v) is 2.76. The molecule has 1 atom stereocenters. The fourth-order valence-corrected chi connectivity index (χ4v) is 1.68. The van der Waals surface area contributed by atoms with Crippen LogP contribution in [-0.4, -0.2) is 16.7 Å². The van der Waals surface area contributed by atoms with Crippen molar-refractivity contribution in [1.29, 1.82) is 0 Å². The lowest BCUT2D eigenvalue weighted by Crippen LogP contribution is -2.10. The third-order valence-electron chi connectivity index (χ3n) is 2.52. The molecule has 0 amide bonds. The molecule has 0 aliphatic rings. The molecular formula is C12H14ClN3O. The summed E-state index contributed by atoms with van der Waals surface area (Å²) in [6.45, 7) is 2.48. The van der Waals surface area contributed by atoms with Crippen molar-refractivity contribution < 1.29 is 4.52 Å². The number of rotatable bonds is 4. The van der Waals surface area contributed by atoms with Crippen LogP contribution < -0.4 is 5.73 Å². The molecule has 1 aromatic carbocycles. The van der Waals surface area contributed by atoms with E-state index in [1.807, 2.05) is 31.2 Å². The molecule has 2 N–H and O–H groups in total. The molecule has 0 aliphatic carbocycles. The van der Waals surface area contributed by atoms with Crippen LogP contribution in [0.5, 0.6) is 0 Å². The van der Waals surface area contributed by atoms with E-state index >= 15 is 0 Å². The fraction of sp³-hybridized carbons (Fsp3) is 0.333. The number of benzene rings is 1. The average Bonchev–Trinajstić information content (AvgIpc) is 2.76. The van der Waals surface area contributed by atoms with Gasteiger partial charge in [-0.3, -0.25) is 0 Å². The molecule has 0 bridgehead atoms. The van der Waals surface area contributed by atoms with E-state index in [0.717, 1.165) is 5.56 Å². The van der Waals surface area contributed by atoms with Crippen LogP contribution in [0.2, 0.25) is 5.02 Å². The van der Waals surface area contributed by atoms with Crippen molar-refractivity contribution in [2.75, 3.05) is 6.54 Å². The zero-order chi connectivity index (χ0) is 12.3. The van der Waals surface area contributed by atoms with Crippen LogP contribution in [0.3, 0.4) is 0 Å². The van der Waals surface area contributed by atoms with Crippen LogP contribution in [0.15, 0.2) is 28.8 Å². The van der Waals surface area contributed by atoms with E-state index in [9.17, 15) is 0 Å². The van der Waals surface area contributed by atoms with Crippen LogP contribution in [0.1, 0.15) is 30.1 Å². The molecule has 5 heteroatoms. The number of aromatic nitrogens is 2. The van der Waals surface area contributed by atoms with Crippen molar-refractivity contribution in [3.8, 4) is 0 Å². The minimum atomic E-state index is 0.117. The molecule has 2 rings (SSSR count). The summed E-state index contributed by atoms with van der Waals surface area (Å²) in [5.74, 6) is 1.36. The Bertz CT molecular complexity index is 498. The molecule has 0 aliphatic heterocycles. The Morgan fingerprint density at radius 2 is 2.29 bits per heavy atom. The van der Waals surface area contributed by atoms with E-state index in [4.69, 9.17) is 21.9 Å². The lowest BCUT2D eigenvalue weighted by molar-refractivity contribution is 0.376. The molecule has 0 saturated heterocycles. The fourth-order valence-electron chi connectivity index (χ4n) is 1.47. The highest BCUT2D eigenvalue weighted by atomic mass is 35.5. The summed E-state index contributed by atoms with van der Waals surface area (Å²) in [6.07, 6.45) is 0.588. The van der Waals surface area contributed by atoms with Gasteiger partial charge in [-0.05, 0) is 17.7 Å². The first kappa shape index (κ1) is 12.1. The Balaban J connectivity index is 2.11. The molecule has 1 heterocycles. The monoisotopic (exact) mass is 251 g/mol. The molecule has 0 saturated carbocycles. The number of hydrogen-bond donors (Lipinski definition) is 1. The lowest BCUT2D eigenvalue weighted by atomic mass is 10.1. The van der Waals surface area contributed by atoms with Gasteiger partial charge in [0.15, 0.2) is 5.82 Å². The van der Waals surface area contributed by atoms with Crippen molar-refractivity contribution in [1.82, 2.24) is 10.1 Å². The second-order valence-corrected chi connectivity index (χ2v) is 4.43. The molecule has 1 unspecified atom stereocenters. The first-order valence-corrected chi connectivity index (χ1v) is 5.84. The van der Waals surface area contributed by atoms with Gasteiger partial charge >= 0.3 is 0 Å². The first-order chi connectivity index (χ1) is 8.19. The van der Waals surface area contributed by atoms with Crippen molar-refractivity contribution in [3.63, 3.8) is 0 Å². The lowest BCUT2D eigenvalue weighted by Gasteiger charge is -1.99. The van der Waals surface area contributed by atoms with Gasteiger partial charge in [-0.25, -0.2) is 0 Å². The summed E-state index contributed by atoms with van der Waals surface area (Å²) in [6, 6.07) is 7.60. The van der Waals surface area contributed by atoms with E-state index < -0.39 is 0 Å². The SMILES string of the molecule is CC(CN)c1noc(Cc2cccc(Cl)c2)n1. The molecule has 17 heavy (non-hydrogen) atoms. The predicted molar refractivity (Wildman–Crippen MR) is 66.0 cm³/mol. The Morgan fingerprint density at radius 3 is 3.00 bits per heavy atom. The van der Waals surface area contributed by atoms with Crippen molar-refractivity contribution >= 4 is 11.6 Å². The van der Waals surface area contributed by atoms with E-state index in [0.29, 0.717) is 29.7 Å². The third kappa shape index (κ3) is 3.05. The summed E-state index contributed by atoms with van der Waals surface area (Å²) in [4.78, 5) is 4.31. The number of halogens is 1. The van der Waals surface area contributed by atoms with Crippen molar-refractivity contribution in [2.45, 2.75) is 19.3 Å². The standard InChI is InChI=1S/C12H14ClN3O/c1-8(7-14)12-15-11(17-16-12)6-9-3-2-4-10(13)5-9/h2-5,8H,6-7,14H2,1H3. The molecule has 1 aromatic heterocycles. The van der Waals surface area contributed by atoms with Crippen LogP contribution in [0, 0.1) is 0 Å².